The molecule has 2 heterocycles. The number of carboxylic acid groups (broad SMARTS) is 1. The van der Waals surface area contributed by atoms with Crippen molar-refractivity contribution in [1.82, 2.24) is 15.5 Å². The Kier molecular flexibility index (Phi) is 5.75. The fourth-order valence-corrected chi connectivity index (χ4v) is 3.88. The minimum absolute atomic E-state index is 0.00384. The molecule has 0 aromatic heterocycles. The molecule has 3 rings (SSSR count). The van der Waals surface area contributed by atoms with Crippen molar-refractivity contribution < 1.29 is 19.5 Å². The van der Waals surface area contributed by atoms with Crippen LogP contribution in [0.2, 0.25) is 0 Å². The van der Waals surface area contributed by atoms with Gasteiger partial charge in [-0.25, -0.2) is 4.79 Å². The number of benzene rings is 1. The van der Waals surface area contributed by atoms with Crippen LogP contribution in [0, 0.1) is 5.92 Å². The van der Waals surface area contributed by atoms with Gasteiger partial charge in [-0.1, -0.05) is 30.3 Å². The molecule has 7 heteroatoms. The van der Waals surface area contributed by atoms with Gasteiger partial charge >= 0.3 is 12.0 Å². The number of amides is 3. The third-order valence-electron chi connectivity index (χ3n) is 5.22. The minimum atomic E-state index is -0.874. The number of rotatable bonds is 6. The topological polar surface area (TPSA) is 98.7 Å². The van der Waals surface area contributed by atoms with Gasteiger partial charge in [0.15, 0.2) is 0 Å². The van der Waals surface area contributed by atoms with Gasteiger partial charge in [0, 0.05) is 25.6 Å². The molecule has 140 valence electrons. The second-order valence-corrected chi connectivity index (χ2v) is 7.02. The highest BCUT2D eigenvalue weighted by molar-refractivity contribution is 5.84. The number of nitrogens with zero attached hydrogens (tertiary/aromatic N) is 1. The van der Waals surface area contributed by atoms with Crippen LogP contribution in [0.4, 0.5) is 4.79 Å². The molecule has 7 nitrogen and oxygen atoms in total. The molecule has 0 radical (unpaired) electrons. The number of hydrogen-bond acceptors (Lipinski definition) is 3. The number of fused-ring (bicyclic) bond motifs is 1. The maximum absolute atomic E-state index is 12.8. The molecule has 2 aliphatic heterocycles. The van der Waals surface area contributed by atoms with Crippen molar-refractivity contribution in [1.29, 1.82) is 0 Å². The van der Waals surface area contributed by atoms with Crippen LogP contribution in [0.5, 0.6) is 0 Å². The SMILES string of the molecule is O=C(O)CCC(Cc1ccccc1)NC(=O)N1CCC[C@H]2C(=O)NC[C@H]21. The van der Waals surface area contributed by atoms with Gasteiger partial charge in [-0.05, 0) is 31.2 Å². The Morgan fingerprint density at radius 2 is 2.08 bits per heavy atom. The average molecular weight is 359 g/mol. The number of carbonyl (C=O) groups excluding carboxylic acids is 2. The first kappa shape index (κ1) is 18.2. The van der Waals surface area contributed by atoms with Gasteiger partial charge in [0.05, 0.1) is 12.0 Å². The fraction of sp³-hybridized carbons (Fsp3) is 0.526. The largest absolute Gasteiger partial charge is 0.481 e. The van der Waals surface area contributed by atoms with E-state index in [1.54, 1.807) is 4.90 Å². The number of likely N-dealkylation sites (tertiary alicyclic amines) is 1. The van der Waals surface area contributed by atoms with E-state index < -0.39 is 5.97 Å². The predicted octanol–water partition coefficient (Wildman–Crippen LogP) is 1.38. The Balaban J connectivity index is 1.65. The van der Waals surface area contributed by atoms with Crippen molar-refractivity contribution in [2.24, 2.45) is 5.92 Å². The molecule has 3 atom stereocenters. The number of nitrogens with one attached hydrogen (secondary N) is 2. The minimum Gasteiger partial charge on any atom is -0.481 e. The Morgan fingerprint density at radius 3 is 2.81 bits per heavy atom. The first-order valence-corrected chi connectivity index (χ1v) is 9.15. The van der Waals surface area contributed by atoms with E-state index in [0.29, 0.717) is 25.9 Å². The molecule has 3 amide bonds. The van der Waals surface area contributed by atoms with Crippen LogP contribution in [0.1, 0.15) is 31.2 Å². The maximum Gasteiger partial charge on any atom is 0.317 e. The smallest absolute Gasteiger partial charge is 0.317 e. The molecular weight excluding hydrogens is 334 g/mol. The lowest BCUT2D eigenvalue weighted by Crippen LogP contribution is -2.54. The zero-order chi connectivity index (χ0) is 18.5. The van der Waals surface area contributed by atoms with Gasteiger partial charge in [0.25, 0.3) is 0 Å². The molecule has 1 aromatic rings. The summed E-state index contributed by atoms with van der Waals surface area (Å²) in [6.07, 6.45) is 2.57. The second kappa shape index (κ2) is 8.21. The summed E-state index contributed by atoms with van der Waals surface area (Å²) >= 11 is 0. The molecule has 0 saturated carbocycles. The second-order valence-electron chi connectivity index (χ2n) is 7.02. The quantitative estimate of drug-likeness (QED) is 0.715. The number of aliphatic carboxylic acids is 1. The van der Waals surface area contributed by atoms with Crippen LogP contribution in [0.15, 0.2) is 30.3 Å². The van der Waals surface area contributed by atoms with Crippen LogP contribution in [0.25, 0.3) is 0 Å². The molecule has 2 saturated heterocycles. The summed E-state index contributed by atoms with van der Waals surface area (Å²) in [5.41, 5.74) is 1.05. The third-order valence-corrected chi connectivity index (χ3v) is 5.22. The molecule has 0 bridgehead atoms. The molecule has 3 N–H and O–H groups in total. The van der Waals surface area contributed by atoms with E-state index in [1.165, 1.54) is 0 Å². The highest BCUT2D eigenvalue weighted by atomic mass is 16.4. The lowest BCUT2D eigenvalue weighted by Gasteiger charge is -2.36. The number of carboxylic acids is 1. The van der Waals surface area contributed by atoms with Crippen molar-refractivity contribution >= 4 is 17.9 Å². The molecule has 1 unspecified atom stereocenters. The molecular formula is C19H25N3O4. The monoisotopic (exact) mass is 359 g/mol. The summed E-state index contributed by atoms with van der Waals surface area (Å²) in [5, 5.41) is 14.8. The van der Waals surface area contributed by atoms with Crippen LogP contribution in [-0.2, 0) is 16.0 Å². The number of piperidine rings is 1. The summed E-state index contributed by atoms with van der Waals surface area (Å²) in [6.45, 7) is 1.12. The number of carbonyl (C=O) groups is 3. The lowest BCUT2D eigenvalue weighted by atomic mass is 9.92. The van der Waals surface area contributed by atoms with Gasteiger partial charge in [0.1, 0.15) is 0 Å². The summed E-state index contributed by atoms with van der Waals surface area (Å²) in [4.78, 5) is 37.4. The molecule has 26 heavy (non-hydrogen) atoms. The summed E-state index contributed by atoms with van der Waals surface area (Å²) in [6, 6.07) is 9.15. The van der Waals surface area contributed by atoms with Gasteiger partial charge < -0.3 is 20.6 Å². The van der Waals surface area contributed by atoms with Crippen molar-refractivity contribution in [2.45, 2.75) is 44.2 Å². The Bertz CT molecular complexity index is 664. The Labute approximate surface area is 152 Å². The van der Waals surface area contributed by atoms with E-state index in [9.17, 15) is 14.4 Å². The van der Waals surface area contributed by atoms with E-state index >= 15 is 0 Å². The Morgan fingerprint density at radius 1 is 1.31 bits per heavy atom. The van der Waals surface area contributed by atoms with Gasteiger partial charge in [0.2, 0.25) is 5.91 Å². The lowest BCUT2D eigenvalue weighted by molar-refractivity contribution is -0.137. The van der Waals surface area contributed by atoms with Gasteiger partial charge in [-0.2, -0.15) is 0 Å². The van der Waals surface area contributed by atoms with Crippen LogP contribution >= 0.6 is 0 Å². The third kappa shape index (κ3) is 4.33. The van der Waals surface area contributed by atoms with Crippen molar-refractivity contribution in [3.8, 4) is 0 Å². The molecule has 0 aliphatic carbocycles. The first-order valence-electron chi connectivity index (χ1n) is 9.15. The zero-order valence-electron chi connectivity index (χ0n) is 14.7. The van der Waals surface area contributed by atoms with Crippen LogP contribution in [-0.4, -0.2) is 53.1 Å². The van der Waals surface area contributed by atoms with Crippen molar-refractivity contribution in [2.75, 3.05) is 13.1 Å². The maximum atomic E-state index is 12.8. The standard InChI is InChI=1S/C19H25N3O4/c23-17(24)9-8-14(11-13-5-2-1-3-6-13)21-19(26)22-10-4-7-15-16(22)12-20-18(15)25/h1-3,5-6,14-16H,4,7-12H2,(H,20,25)(H,21,26)(H,23,24)/t14?,15-,16-/m1/s1. The highest BCUT2D eigenvalue weighted by Crippen LogP contribution is 2.27. The van der Waals surface area contributed by atoms with E-state index in [4.69, 9.17) is 5.11 Å². The van der Waals surface area contributed by atoms with E-state index in [1.807, 2.05) is 30.3 Å². The number of urea groups is 1. The van der Waals surface area contributed by atoms with Gasteiger partial charge in [-0.15, -0.1) is 0 Å². The molecule has 0 spiro atoms. The normalized spacial score (nSPS) is 23.1. The molecule has 2 fully saturated rings. The van der Waals surface area contributed by atoms with E-state index in [2.05, 4.69) is 10.6 Å². The highest BCUT2D eigenvalue weighted by Gasteiger charge is 2.42. The Hall–Kier alpha value is -2.57. The molecule has 1 aromatic carbocycles. The van der Waals surface area contributed by atoms with Crippen molar-refractivity contribution in [3.63, 3.8) is 0 Å². The summed E-state index contributed by atoms with van der Waals surface area (Å²) < 4.78 is 0. The summed E-state index contributed by atoms with van der Waals surface area (Å²) in [5.74, 6) is -0.971. The first-order chi connectivity index (χ1) is 12.5. The van der Waals surface area contributed by atoms with E-state index in [0.717, 1.165) is 18.4 Å². The predicted molar refractivity (Wildman–Crippen MR) is 95.6 cm³/mol. The zero-order valence-corrected chi connectivity index (χ0v) is 14.7. The molecule has 2 aliphatic rings. The van der Waals surface area contributed by atoms with Crippen LogP contribution < -0.4 is 10.6 Å². The van der Waals surface area contributed by atoms with E-state index in [-0.39, 0.29) is 36.4 Å². The summed E-state index contributed by atoms with van der Waals surface area (Å²) in [7, 11) is 0. The van der Waals surface area contributed by atoms with Crippen LogP contribution in [0.3, 0.4) is 0 Å². The average Bonchev–Trinajstić information content (AvgIpc) is 3.02. The number of hydrogen-bond donors (Lipinski definition) is 3. The fourth-order valence-electron chi connectivity index (χ4n) is 3.88. The van der Waals surface area contributed by atoms with Gasteiger partial charge in [-0.3, -0.25) is 9.59 Å². The van der Waals surface area contributed by atoms with Crippen molar-refractivity contribution in [3.05, 3.63) is 35.9 Å².